The average molecular weight is 289 g/mol. The Balaban J connectivity index is 2.49. The topological polar surface area (TPSA) is 44.5 Å². The van der Waals surface area contributed by atoms with Gasteiger partial charge in [0.1, 0.15) is 5.75 Å². The summed E-state index contributed by atoms with van der Waals surface area (Å²) in [4.78, 5) is 0. The number of benzene rings is 2. The van der Waals surface area contributed by atoms with Crippen molar-refractivity contribution in [2.45, 2.75) is 19.9 Å². The molecule has 0 aliphatic rings. The zero-order valence-corrected chi connectivity index (χ0v) is 12.7. The number of aryl methyl sites for hydroxylation is 2. The highest BCUT2D eigenvalue weighted by Gasteiger charge is 2.18. The Kier molecular flexibility index (Phi) is 4.48. The lowest BCUT2D eigenvalue weighted by Crippen LogP contribution is -2.15. The van der Waals surface area contributed by atoms with Crippen LogP contribution >= 0.6 is 0 Å². The summed E-state index contributed by atoms with van der Waals surface area (Å²) in [5.74, 6) is 0.504. The van der Waals surface area contributed by atoms with Gasteiger partial charge in [-0.25, -0.2) is 4.39 Å². The second kappa shape index (κ2) is 6.14. The van der Waals surface area contributed by atoms with Crippen molar-refractivity contribution < 1.29 is 13.9 Å². The molecule has 4 heteroatoms. The minimum absolute atomic E-state index is 0.207. The van der Waals surface area contributed by atoms with Crippen LogP contribution in [0.4, 0.5) is 4.39 Å². The molecule has 0 fully saturated rings. The average Bonchev–Trinajstić information content (AvgIpc) is 2.45. The summed E-state index contributed by atoms with van der Waals surface area (Å²) < 4.78 is 24.2. The fraction of sp³-hybridized carbons (Fsp3) is 0.294. The van der Waals surface area contributed by atoms with Crippen LogP contribution in [0.25, 0.3) is 0 Å². The standard InChI is InChI=1S/C17H20FNO2/c1-10-7-11(2)16(15(8-10)21-4)17(19)12-5-6-14(20-3)13(18)9-12/h5-9,17H,19H2,1-4H3. The Morgan fingerprint density at radius 1 is 1.00 bits per heavy atom. The predicted molar refractivity (Wildman–Crippen MR) is 81.5 cm³/mol. The largest absolute Gasteiger partial charge is 0.496 e. The van der Waals surface area contributed by atoms with Crippen molar-refractivity contribution in [3.63, 3.8) is 0 Å². The summed E-state index contributed by atoms with van der Waals surface area (Å²) in [6.45, 7) is 3.97. The fourth-order valence-electron chi connectivity index (χ4n) is 2.55. The van der Waals surface area contributed by atoms with Gasteiger partial charge >= 0.3 is 0 Å². The summed E-state index contributed by atoms with van der Waals surface area (Å²) in [6, 6.07) is 8.27. The van der Waals surface area contributed by atoms with Crippen LogP contribution in [0.2, 0.25) is 0 Å². The number of hydrogen-bond donors (Lipinski definition) is 1. The maximum absolute atomic E-state index is 13.9. The molecule has 2 N–H and O–H groups in total. The minimum Gasteiger partial charge on any atom is -0.496 e. The van der Waals surface area contributed by atoms with Gasteiger partial charge in [-0.1, -0.05) is 12.1 Å². The van der Waals surface area contributed by atoms with Crippen molar-refractivity contribution in [2.24, 2.45) is 5.73 Å². The molecule has 3 nitrogen and oxygen atoms in total. The fourth-order valence-corrected chi connectivity index (χ4v) is 2.55. The molecule has 2 aromatic rings. The molecule has 0 saturated carbocycles. The second-order valence-corrected chi connectivity index (χ2v) is 5.07. The van der Waals surface area contributed by atoms with Gasteiger partial charge in [0.15, 0.2) is 11.6 Å². The molecule has 0 aliphatic carbocycles. The molecular weight excluding hydrogens is 269 g/mol. The number of methoxy groups -OCH3 is 2. The van der Waals surface area contributed by atoms with E-state index in [1.165, 1.54) is 13.2 Å². The van der Waals surface area contributed by atoms with Gasteiger partial charge in [0.2, 0.25) is 0 Å². The van der Waals surface area contributed by atoms with Gasteiger partial charge in [-0.3, -0.25) is 0 Å². The first-order valence-corrected chi connectivity index (χ1v) is 6.72. The van der Waals surface area contributed by atoms with Crippen molar-refractivity contribution in [3.05, 3.63) is 58.4 Å². The van der Waals surface area contributed by atoms with Gasteiger partial charge in [-0.15, -0.1) is 0 Å². The molecule has 0 aliphatic heterocycles. The first-order valence-electron chi connectivity index (χ1n) is 6.72. The summed E-state index contributed by atoms with van der Waals surface area (Å²) in [6.07, 6.45) is 0. The minimum atomic E-state index is -0.457. The third-order valence-electron chi connectivity index (χ3n) is 3.56. The Bertz CT molecular complexity index is 655. The lowest BCUT2D eigenvalue weighted by atomic mass is 9.93. The van der Waals surface area contributed by atoms with Gasteiger partial charge in [-0.05, 0) is 48.7 Å². The van der Waals surface area contributed by atoms with E-state index in [1.54, 1.807) is 19.2 Å². The summed E-state index contributed by atoms with van der Waals surface area (Å²) in [7, 11) is 3.05. The normalized spacial score (nSPS) is 12.1. The van der Waals surface area contributed by atoms with Crippen LogP contribution in [0.5, 0.6) is 11.5 Å². The van der Waals surface area contributed by atoms with E-state index in [2.05, 4.69) is 0 Å². The molecule has 0 aromatic heterocycles. The molecule has 0 heterocycles. The van der Waals surface area contributed by atoms with E-state index in [0.717, 1.165) is 22.4 Å². The molecule has 1 unspecified atom stereocenters. The third-order valence-corrected chi connectivity index (χ3v) is 3.56. The highest BCUT2D eigenvalue weighted by molar-refractivity contribution is 5.49. The van der Waals surface area contributed by atoms with Gasteiger partial charge in [0.25, 0.3) is 0 Å². The van der Waals surface area contributed by atoms with Crippen molar-refractivity contribution in [3.8, 4) is 11.5 Å². The molecule has 0 bridgehead atoms. The lowest BCUT2D eigenvalue weighted by Gasteiger charge is -2.20. The van der Waals surface area contributed by atoms with Crippen LogP contribution in [0.1, 0.15) is 28.3 Å². The number of ether oxygens (including phenoxy) is 2. The molecule has 0 saturated heterocycles. The van der Waals surface area contributed by atoms with Crippen LogP contribution < -0.4 is 15.2 Å². The Labute approximate surface area is 124 Å². The second-order valence-electron chi connectivity index (χ2n) is 5.07. The van der Waals surface area contributed by atoms with Crippen molar-refractivity contribution in [1.29, 1.82) is 0 Å². The van der Waals surface area contributed by atoms with E-state index in [9.17, 15) is 4.39 Å². The van der Waals surface area contributed by atoms with Crippen LogP contribution in [-0.4, -0.2) is 14.2 Å². The molecule has 0 spiro atoms. The zero-order valence-electron chi connectivity index (χ0n) is 12.7. The highest BCUT2D eigenvalue weighted by Crippen LogP contribution is 2.33. The monoisotopic (exact) mass is 289 g/mol. The zero-order chi connectivity index (χ0) is 15.6. The third kappa shape index (κ3) is 3.00. The van der Waals surface area contributed by atoms with Gasteiger partial charge in [0.05, 0.1) is 20.3 Å². The van der Waals surface area contributed by atoms with Gasteiger partial charge in [-0.2, -0.15) is 0 Å². The quantitative estimate of drug-likeness (QED) is 0.936. The number of nitrogens with two attached hydrogens (primary N) is 1. The number of hydrogen-bond acceptors (Lipinski definition) is 3. The highest BCUT2D eigenvalue weighted by atomic mass is 19.1. The molecule has 0 amide bonds. The van der Waals surface area contributed by atoms with E-state index < -0.39 is 11.9 Å². The maximum atomic E-state index is 13.9. The Morgan fingerprint density at radius 3 is 2.24 bits per heavy atom. The number of halogens is 1. The summed E-state index contributed by atoms with van der Waals surface area (Å²) in [5, 5.41) is 0. The van der Waals surface area contributed by atoms with Crippen LogP contribution in [0.3, 0.4) is 0 Å². The molecule has 21 heavy (non-hydrogen) atoms. The Hall–Kier alpha value is -2.07. The van der Waals surface area contributed by atoms with Gasteiger partial charge in [0, 0.05) is 5.56 Å². The summed E-state index contributed by atoms with van der Waals surface area (Å²) in [5.41, 5.74) is 9.99. The Morgan fingerprint density at radius 2 is 1.67 bits per heavy atom. The summed E-state index contributed by atoms with van der Waals surface area (Å²) >= 11 is 0. The predicted octanol–water partition coefficient (Wildman–Crippen LogP) is 3.51. The van der Waals surface area contributed by atoms with E-state index >= 15 is 0 Å². The first-order chi connectivity index (χ1) is 9.97. The van der Waals surface area contributed by atoms with Crippen molar-refractivity contribution in [1.82, 2.24) is 0 Å². The smallest absolute Gasteiger partial charge is 0.165 e. The van der Waals surface area contributed by atoms with Gasteiger partial charge < -0.3 is 15.2 Å². The van der Waals surface area contributed by atoms with E-state index in [-0.39, 0.29) is 5.75 Å². The molecule has 112 valence electrons. The molecule has 2 aromatic carbocycles. The maximum Gasteiger partial charge on any atom is 0.165 e. The lowest BCUT2D eigenvalue weighted by molar-refractivity contribution is 0.386. The molecular formula is C17H20FNO2. The van der Waals surface area contributed by atoms with Crippen molar-refractivity contribution >= 4 is 0 Å². The first kappa shape index (κ1) is 15.3. The van der Waals surface area contributed by atoms with E-state index in [1.807, 2.05) is 26.0 Å². The van der Waals surface area contributed by atoms with E-state index in [4.69, 9.17) is 15.2 Å². The molecule has 0 radical (unpaired) electrons. The SMILES string of the molecule is COc1ccc(C(N)c2c(C)cc(C)cc2OC)cc1F. The van der Waals surface area contributed by atoms with Crippen LogP contribution in [0.15, 0.2) is 30.3 Å². The number of rotatable bonds is 4. The molecule has 2 rings (SSSR count). The van der Waals surface area contributed by atoms with E-state index in [0.29, 0.717) is 5.56 Å². The van der Waals surface area contributed by atoms with Crippen molar-refractivity contribution in [2.75, 3.05) is 14.2 Å². The van der Waals surface area contributed by atoms with Crippen LogP contribution in [-0.2, 0) is 0 Å². The van der Waals surface area contributed by atoms with Crippen LogP contribution in [0, 0.1) is 19.7 Å². The molecule has 1 atom stereocenters.